The van der Waals surface area contributed by atoms with Crippen LogP contribution in [0.15, 0.2) is 24.3 Å². The van der Waals surface area contributed by atoms with Crippen molar-refractivity contribution in [1.29, 1.82) is 0 Å². The van der Waals surface area contributed by atoms with E-state index in [-0.39, 0.29) is 23.8 Å². The Balaban J connectivity index is 1.49. The molecule has 2 saturated heterocycles. The summed E-state index contributed by atoms with van der Waals surface area (Å²) in [7, 11) is 1.31. The lowest BCUT2D eigenvalue weighted by molar-refractivity contribution is -0.131. The smallest absolute Gasteiger partial charge is 0.337 e. The molecule has 1 aromatic rings. The normalized spacial score (nSPS) is 22.3. The van der Waals surface area contributed by atoms with E-state index in [1.807, 2.05) is 4.90 Å². The number of rotatable bonds is 5. The van der Waals surface area contributed by atoms with E-state index in [1.165, 1.54) is 13.2 Å². The first-order valence-electron chi connectivity index (χ1n) is 8.65. The Morgan fingerprint density at radius 2 is 2.15 bits per heavy atom. The highest BCUT2D eigenvalue weighted by Gasteiger charge is 2.33. The van der Waals surface area contributed by atoms with E-state index in [4.69, 9.17) is 0 Å². The molecule has 7 nitrogen and oxygen atoms in total. The molecule has 0 aromatic heterocycles. The van der Waals surface area contributed by atoms with Gasteiger partial charge < -0.3 is 20.3 Å². The van der Waals surface area contributed by atoms with Crippen LogP contribution in [0, 0.1) is 5.92 Å². The number of methoxy groups -OCH3 is 1. The van der Waals surface area contributed by atoms with Gasteiger partial charge in [0.15, 0.2) is 0 Å². The molecule has 2 atom stereocenters. The predicted molar refractivity (Wildman–Crippen MR) is 99.1 cm³/mol. The lowest BCUT2D eigenvalue weighted by Crippen LogP contribution is -2.42. The molecule has 2 amide bonds. The van der Waals surface area contributed by atoms with Gasteiger partial charge in [0.2, 0.25) is 5.91 Å². The van der Waals surface area contributed by atoms with Crippen LogP contribution < -0.4 is 10.6 Å². The third-order valence-corrected chi connectivity index (χ3v) is 5.65. The minimum atomic E-state index is -0.471. The average molecular weight is 377 g/mol. The molecule has 2 N–H and O–H groups in total. The van der Waals surface area contributed by atoms with E-state index in [0.29, 0.717) is 24.2 Å². The van der Waals surface area contributed by atoms with E-state index in [1.54, 1.807) is 30.0 Å². The first-order valence-corrected chi connectivity index (χ1v) is 9.80. The van der Waals surface area contributed by atoms with Gasteiger partial charge in [-0.15, -0.1) is 11.8 Å². The molecular weight excluding hydrogens is 354 g/mol. The van der Waals surface area contributed by atoms with Crippen LogP contribution in [-0.2, 0) is 9.53 Å². The van der Waals surface area contributed by atoms with Crippen molar-refractivity contribution in [3.05, 3.63) is 35.4 Å². The van der Waals surface area contributed by atoms with Crippen molar-refractivity contribution in [1.82, 2.24) is 15.5 Å². The van der Waals surface area contributed by atoms with E-state index in [2.05, 4.69) is 15.4 Å². The first kappa shape index (κ1) is 18.7. The Morgan fingerprint density at radius 3 is 2.88 bits per heavy atom. The lowest BCUT2D eigenvalue weighted by Gasteiger charge is -2.19. The molecule has 140 valence electrons. The van der Waals surface area contributed by atoms with Crippen molar-refractivity contribution in [2.75, 3.05) is 38.4 Å². The van der Waals surface area contributed by atoms with Gasteiger partial charge >= 0.3 is 5.97 Å². The third-order valence-electron chi connectivity index (χ3n) is 4.68. The zero-order chi connectivity index (χ0) is 18.5. The standard InChI is InChI=1S/C18H23N3O4S/c1-25-18(24)14-4-2-3-13(8-14)16(22)20-10-12-7-15(19-9-12)17(23)21-5-6-26-11-21/h2-4,8,12,15,19H,5-7,9-11H2,1H3,(H,20,22). The van der Waals surface area contributed by atoms with Gasteiger partial charge in [-0.05, 0) is 30.5 Å². The van der Waals surface area contributed by atoms with E-state index in [0.717, 1.165) is 24.6 Å². The van der Waals surface area contributed by atoms with Crippen molar-refractivity contribution in [2.45, 2.75) is 12.5 Å². The fourth-order valence-corrected chi connectivity index (χ4v) is 4.16. The molecule has 2 heterocycles. The number of ether oxygens (including phenoxy) is 1. The quantitative estimate of drug-likeness (QED) is 0.735. The number of nitrogens with one attached hydrogen (secondary N) is 2. The third kappa shape index (κ3) is 4.37. The summed E-state index contributed by atoms with van der Waals surface area (Å²) in [5, 5.41) is 6.16. The number of carbonyl (C=O) groups excluding carboxylic acids is 3. The number of esters is 1. The topological polar surface area (TPSA) is 87.7 Å². The minimum Gasteiger partial charge on any atom is -0.465 e. The Labute approximate surface area is 156 Å². The number of hydrogen-bond acceptors (Lipinski definition) is 6. The number of nitrogens with zero attached hydrogens (tertiary/aromatic N) is 1. The van der Waals surface area contributed by atoms with Crippen LogP contribution in [0.1, 0.15) is 27.1 Å². The van der Waals surface area contributed by atoms with Gasteiger partial charge in [0, 0.05) is 31.0 Å². The molecule has 26 heavy (non-hydrogen) atoms. The van der Waals surface area contributed by atoms with Crippen molar-refractivity contribution in [3.8, 4) is 0 Å². The van der Waals surface area contributed by atoms with Gasteiger partial charge in [-0.1, -0.05) is 6.07 Å². The molecule has 0 radical (unpaired) electrons. The largest absolute Gasteiger partial charge is 0.465 e. The summed E-state index contributed by atoms with van der Waals surface area (Å²) in [5.41, 5.74) is 0.761. The van der Waals surface area contributed by atoms with Crippen molar-refractivity contribution < 1.29 is 19.1 Å². The number of carbonyl (C=O) groups is 3. The average Bonchev–Trinajstić information content (AvgIpc) is 3.37. The van der Waals surface area contributed by atoms with E-state index in [9.17, 15) is 14.4 Å². The van der Waals surface area contributed by atoms with Crippen molar-refractivity contribution in [3.63, 3.8) is 0 Å². The van der Waals surface area contributed by atoms with Crippen LogP contribution >= 0.6 is 11.8 Å². The Bertz CT molecular complexity index is 691. The lowest BCUT2D eigenvalue weighted by atomic mass is 10.0. The first-order chi connectivity index (χ1) is 12.6. The number of thioether (sulfide) groups is 1. The van der Waals surface area contributed by atoms with E-state index >= 15 is 0 Å². The highest BCUT2D eigenvalue weighted by molar-refractivity contribution is 7.99. The van der Waals surface area contributed by atoms with Crippen LogP contribution in [0.4, 0.5) is 0 Å². The Morgan fingerprint density at radius 1 is 1.35 bits per heavy atom. The molecule has 0 aliphatic carbocycles. The molecule has 1 aromatic carbocycles. The summed E-state index contributed by atoms with van der Waals surface area (Å²) < 4.78 is 4.67. The van der Waals surface area contributed by atoms with Crippen LogP contribution in [-0.4, -0.2) is 67.1 Å². The van der Waals surface area contributed by atoms with Crippen LogP contribution in [0.25, 0.3) is 0 Å². The second-order valence-electron chi connectivity index (χ2n) is 6.48. The van der Waals surface area contributed by atoms with Crippen molar-refractivity contribution in [2.24, 2.45) is 5.92 Å². The van der Waals surface area contributed by atoms with E-state index < -0.39 is 5.97 Å². The van der Waals surface area contributed by atoms with Crippen LogP contribution in [0.5, 0.6) is 0 Å². The summed E-state index contributed by atoms with van der Waals surface area (Å²) in [6.07, 6.45) is 0.725. The van der Waals surface area contributed by atoms with Gasteiger partial charge in [0.1, 0.15) is 0 Å². The fraction of sp³-hybridized carbons (Fsp3) is 0.500. The second kappa shape index (κ2) is 8.55. The zero-order valence-electron chi connectivity index (χ0n) is 14.7. The number of amides is 2. The molecule has 2 aliphatic rings. The molecule has 0 saturated carbocycles. The molecule has 8 heteroatoms. The molecule has 0 spiro atoms. The second-order valence-corrected chi connectivity index (χ2v) is 7.56. The van der Waals surface area contributed by atoms with Gasteiger partial charge in [-0.2, -0.15) is 0 Å². The maximum absolute atomic E-state index is 12.4. The number of hydrogen-bond donors (Lipinski definition) is 2. The van der Waals surface area contributed by atoms with Gasteiger partial charge in [0.05, 0.1) is 24.6 Å². The van der Waals surface area contributed by atoms with Crippen molar-refractivity contribution >= 4 is 29.5 Å². The monoisotopic (exact) mass is 377 g/mol. The summed E-state index contributed by atoms with van der Waals surface area (Å²) >= 11 is 1.77. The maximum Gasteiger partial charge on any atom is 0.337 e. The Kier molecular flexibility index (Phi) is 6.16. The summed E-state index contributed by atoms with van der Waals surface area (Å²) in [6.45, 7) is 2.02. The highest BCUT2D eigenvalue weighted by atomic mass is 32.2. The molecule has 0 bridgehead atoms. The number of benzene rings is 1. The summed E-state index contributed by atoms with van der Waals surface area (Å²) in [6, 6.07) is 6.28. The highest BCUT2D eigenvalue weighted by Crippen LogP contribution is 2.20. The molecule has 3 rings (SSSR count). The maximum atomic E-state index is 12.4. The fourth-order valence-electron chi connectivity index (χ4n) is 3.21. The van der Waals surface area contributed by atoms with Gasteiger partial charge in [-0.3, -0.25) is 9.59 Å². The molecule has 2 aliphatic heterocycles. The zero-order valence-corrected chi connectivity index (χ0v) is 15.5. The molecular formula is C18H23N3O4S. The Hall–Kier alpha value is -2.06. The predicted octanol–water partition coefficient (Wildman–Crippen LogP) is 0.714. The summed E-state index contributed by atoms with van der Waals surface area (Å²) in [5.74, 6) is 1.45. The van der Waals surface area contributed by atoms with Crippen LogP contribution in [0.2, 0.25) is 0 Å². The summed E-state index contributed by atoms with van der Waals surface area (Å²) in [4.78, 5) is 38.2. The van der Waals surface area contributed by atoms with Crippen LogP contribution in [0.3, 0.4) is 0 Å². The van der Waals surface area contributed by atoms with Gasteiger partial charge in [0.25, 0.3) is 5.91 Å². The SMILES string of the molecule is COC(=O)c1cccc(C(=O)NCC2CNC(C(=O)N3CCSC3)C2)c1. The molecule has 2 unspecified atom stereocenters. The molecule has 2 fully saturated rings. The minimum absolute atomic E-state index is 0.154. The van der Waals surface area contributed by atoms with Gasteiger partial charge in [-0.25, -0.2) is 4.79 Å².